The predicted octanol–water partition coefficient (Wildman–Crippen LogP) is 3.23. The van der Waals surface area contributed by atoms with Crippen molar-refractivity contribution in [2.75, 3.05) is 0 Å². The molecule has 1 aliphatic carbocycles. The molecule has 1 aromatic heterocycles. The van der Waals surface area contributed by atoms with Gasteiger partial charge in [0.15, 0.2) is 0 Å². The van der Waals surface area contributed by atoms with Crippen molar-refractivity contribution >= 4 is 15.9 Å². The summed E-state index contributed by atoms with van der Waals surface area (Å²) in [5.74, 6) is 1.17. The third-order valence-electron chi connectivity index (χ3n) is 3.45. The van der Waals surface area contributed by atoms with Crippen LogP contribution in [0.4, 0.5) is 0 Å². The summed E-state index contributed by atoms with van der Waals surface area (Å²) in [6.07, 6.45) is 4.11. The molecule has 0 radical (unpaired) electrons. The van der Waals surface area contributed by atoms with Gasteiger partial charge in [-0.3, -0.25) is 0 Å². The smallest absolute Gasteiger partial charge is 0.247 e. The Balaban J connectivity index is 1.91. The molecule has 0 unspecified atom stereocenters. The van der Waals surface area contributed by atoms with Crippen LogP contribution in [-0.2, 0) is 5.54 Å². The molecule has 4 nitrogen and oxygen atoms in total. The lowest BCUT2D eigenvalue weighted by Gasteiger charge is -2.17. The molecule has 0 spiro atoms. The molecule has 1 aromatic carbocycles. The zero-order chi connectivity index (χ0) is 12.6. The van der Waals surface area contributed by atoms with E-state index in [0.29, 0.717) is 11.7 Å². The molecule has 0 bridgehead atoms. The summed E-state index contributed by atoms with van der Waals surface area (Å²) in [7, 11) is 0. The van der Waals surface area contributed by atoms with Gasteiger partial charge in [-0.1, -0.05) is 33.9 Å². The number of hydrogen-bond acceptors (Lipinski definition) is 4. The van der Waals surface area contributed by atoms with Gasteiger partial charge >= 0.3 is 0 Å². The molecule has 3 rings (SSSR count). The van der Waals surface area contributed by atoms with Gasteiger partial charge in [0.25, 0.3) is 0 Å². The molecule has 0 atom stereocenters. The van der Waals surface area contributed by atoms with E-state index in [1.807, 2.05) is 24.3 Å². The van der Waals surface area contributed by atoms with Crippen LogP contribution in [0.2, 0.25) is 0 Å². The lowest BCUT2D eigenvalue weighted by atomic mass is 9.99. The number of hydrogen-bond donors (Lipinski definition) is 1. The Kier molecular flexibility index (Phi) is 2.95. The van der Waals surface area contributed by atoms with Gasteiger partial charge in [0.1, 0.15) is 0 Å². The van der Waals surface area contributed by atoms with Gasteiger partial charge in [-0.2, -0.15) is 4.98 Å². The van der Waals surface area contributed by atoms with Crippen molar-refractivity contribution < 1.29 is 4.52 Å². The first-order valence-electron chi connectivity index (χ1n) is 6.06. The van der Waals surface area contributed by atoms with Gasteiger partial charge < -0.3 is 10.3 Å². The lowest BCUT2D eigenvalue weighted by molar-refractivity contribution is 0.285. The summed E-state index contributed by atoms with van der Waals surface area (Å²) in [5, 5.41) is 4.02. The van der Waals surface area contributed by atoms with E-state index in [4.69, 9.17) is 10.3 Å². The van der Waals surface area contributed by atoms with Crippen LogP contribution in [0.1, 0.15) is 31.6 Å². The largest absolute Gasteiger partial charge is 0.337 e. The maximum absolute atomic E-state index is 6.29. The van der Waals surface area contributed by atoms with Gasteiger partial charge in [0.05, 0.1) is 5.54 Å². The Hall–Kier alpha value is -1.20. The minimum atomic E-state index is -0.416. The van der Waals surface area contributed by atoms with E-state index in [0.717, 1.165) is 35.7 Å². The van der Waals surface area contributed by atoms with Crippen molar-refractivity contribution in [1.29, 1.82) is 0 Å². The zero-order valence-electron chi connectivity index (χ0n) is 9.90. The number of halogens is 1. The summed E-state index contributed by atoms with van der Waals surface area (Å²) in [6.45, 7) is 0. The van der Waals surface area contributed by atoms with Crippen molar-refractivity contribution in [2.24, 2.45) is 5.73 Å². The Morgan fingerprint density at radius 2 is 1.83 bits per heavy atom. The van der Waals surface area contributed by atoms with Gasteiger partial charge in [-0.05, 0) is 37.1 Å². The molecular formula is C13H14BrN3O. The van der Waals surface area contributed by atoms with Gasteiger partial charge in [-0.25, -0.2) is 0 Å². The first-order valence-corrected chi connectivity index (χ1v) is 6.86. The second-order valence-corrected chi connectivity index (χ2v) is 5.71. The summed E-state index contributed by atoms with van der Waals surface area (Å²) < 4.78 is 6.37. The minimum absolute atomic E-state index is 0.416. The third kappa shape index (κ3) is 2.08. The van der Waals surface area contributed by atoms with Crippen LogP contribution in [0.5, 0.6) is 0 Å². The standard InChI is InChI=1S/C13H14BrN3O/c14-10-5-3-9(4-6-10)11-16-12(18-17-11)13(15)7-1-2-8-13/h3-6H,1-2,7-8,15H2. The second kappa shape index (κ2) is 4.48. The fourth-order valence-electron chi connectivity index (χ4n) is 2.36. The van der Waals surface area contributed by atoms with E-state index < -0.39 is 5.54 Å². The highest BCUT2D eigenvalue weighted by Crippen LogP contribution is 2.36. The van der Waals surface area contributed by atoms with Gasteiger partial charge in [0.2, 0.25) is 11.7 Å². The first-order chi connectivity index (χ1) is 8.67. The van der Waals surface area contributed by atoms with E-state index >= 15 is 0 Å². The second-order valence-electron chi connectivity index (χ2n) is 4.79. The molecule has 5 heteroatoms. The predicted molar refractivity (Wildman–Crippen MR) is 71.8 cm³/mol. The number of aromatic nitrogens is 2. The molecule has 1 fully saturated rings. The fraction of sp³-hybridized carbons (Fsp3) is 0.385. The first kappa shape index (κ1) is 11.9. The Bertz CT molecular complexity index is 544. The molecule has 94 valence electrons. The topological polar surface area (TPSA) is 64.9 Å². The van der Waals surface area contributed by atoms with Crippen molar-refractivity contribution in [3.05, 3.63) is 34.6 Å². The number of nitrogens with zero attached hydrogens (tertiary/aromatic N) is 2. The zero-order valence-corrected chi connectivity index (χ0v) is 11.5. The van der Waals surface area contributed by atoms with E-state index in [2.05, 4.69) is 26.1 Å². The molecule has 2 N–H and O–H groups in total. The Morgan fingerprint density at radius 3 is 2.50 bits per heavy atom. The highest BCUT2D eigenvalue weighted by Gasteiger charge is 2.36. The molecule has 0 saturated heterocycles. The average molecular weight is 308 g/mol. The maximum atomic E-state index is 6.29. The molecule has 18 heavy (non-hydrogen) atoms. The van der Waals surface area contributed by atoms with Crippen molar-refractivity contribution in [1.82, 2.24) is 10.1 Å². The molecule has 1 aliphatic rings. The van der Waals surface area contributed by atoms with Crippen molar-refractivity contribution in [3.63, 3.8) is 0 Å². The number of rotatable bonds is 2. The van der Waals surface area contributed by atoms with E-state index in [1.54, 1.807) is 0 Å². The molecular weight excluding hydrogens is 294 g/mol. The molecule has 1 saturated carbocycles. The lowest BCUT2D eigenvalue weighted by Crippen LogP contribution is -2.33. The molecule has 0 aliphatic heterocycles. The van der Waals surface area contributed by atoms with E-state index in [9.17, 15) is 0 Å². The number of benzene rings is 1. The van der Waals surface area contributed by atoms with Gasteiger partial charge in [-0.15, -0.1) is 0 Å². The maximum Gasteiger partial charge on any atom is 0.247 e. The molecule has 2 aromatic rings. The van der Waals surface area contributed by atoms with Crippen LogP contribution in [0, 0.1) is 0 Å². The van der Waals surface area contributed by atoms with Crippen LogP contribution in [-0.4, -0.2) is 10.1 Å². The van der Waals surface area contributed by atoms with Crippen molar-refractivity contribution in [3.8, 4) is 11.4 Å². The van der Waals surface area contributed by atoms with Crippen LogP contribution >= 0.6 is 15.9 Å². The van der Waals surface area contributed by atoms with E-state index in [1.165, 1.54) is 0 Å². The fourth-order valence-corrected chi connectivity index (χ4v) is 2.63. The summed E-state index contributed by atoms with van der Waals surface area (Å²) in [5.41, 5.74) is 6.82. The Labute approximate surface area is 114 Å². The highest BCUT2D eigenvalue weighted by atomic mass is 79.9. The summed E-state index contributed by atoms with van der Waals surface area (Å²) >= 11 is 3.40. The normalized spacial score (nSPS) is 18.1. The van der Waals surface area contributed by atoms with Crippen molar-refractivity contribution in [2.45, 2.75) is 31.2 Å². The average Bonchev–Trinajstić information content (AvgIpc) is 2.99. The molecule has 0 amide bonds. The van der Waals surface area contributed by atoms with Crippen LogP contribution in [0.15, 0.2) is 33.3 Å². The quantitative estimate of drug-likeness (QED) is 0.925. The van der Waals surface area contributed by atoms with Crippen LogP contribution in [0.3, 0.4) is 0 Å². The SMILES string of the molecule is NC1(c2nc(-c3ccc(Br)cc3)no2)CCCC1. The van der Waals surface area contributed by atoms with Crippen LogP contribution < -0.4 is 5.73 Å². The number of nitrogens with two attached hydrogens (primary N) is 1. The summed E-state index contributed by atoms with van der Waals surface area (Å²) in [6, 6.07) is 7.82. The Morgan fingerprint density at radius 1 is 1.17 bits per heavy atom. The highest BCUT2D eigenvalue weighted by molar-refractivity contribution is 9.10. The third-order valence-corrected chi connectivity index (χ3v) is 3.98. The minimum Gasteiger partial charge on any atom is -0.337 e. The van der Waals surface area contributed by atoms with Crippen LogP contribution in [0.25, 0.3) is 11.4 Å². The van der Waals surface area contributed by atoms with E-state index in [-0.39, 0.29) is 0 Å². The summed E-state index contributed by atoms with van der Waals surface area (Å²) in [4.78, 5) is 4.45. The van der Waals surface area contributed by atoms with Gasteiger partial charge in [0, 0.05) is 10.0 Å². The molecule has 1 heterocycles. The monoisotopic (exact) mass is 307 g/mol.